The number of piperidine rings is 1. The van der Waals surface area contributed by atoms with Crippen LogP contribution in [0.4, 0.5) is 0 Å². The molecule has 17 heavy (non-hydrogen) atoms. The molecule has 0 aromatic carbocycles. The van der Waals surface area contributed by atoms with Crippen LogP contribution in [0.25, 0.3) is 0 Å². The average molecular weight is 271 g/mol. The number of nitrogens with zero attached hydrogens (tertiary/aromatic N) is 3. The van der Waals surface area contributed by atoms with Crippen LogP contribution in [0.3, 0.4) is 0 Å². The van der Waals surface area contributed by atoms with Crippen LogP contribution in [0, 0.1) is 5.92 Å². The van der Waals surface area contributed by atoms with Gasteiger partial charge < -0.3 is 4.90 Å². The van der Waals surface area contributed by atoms with Gasteiger partial charge in [0.1, 0.15) is 5.51 Å². The summed E-state index contributed by atoms with van der Waals surface area (Å²) in [6, 6.07) is 0. The molecule has 0 N–H and O–H groups in total. The molecule has 1 unspecified atom stereocenters. The number of thioether (sulfide) groups is 1. The molecule has 4 nitrogen and oxygen atoms in total. The molecule has 1 atom stereocenters. The van der Waals surface area contributed by atoms with Gasteiger partial charge in [-0.1, -0.05) is 30.0 Å². The maximum Gasteiger partial charge on any atom is 0.235 e. The molecule has 1 aromatic heterocycles. The maximum atomic E-state index is 12.2. The SMILES string of the molecule is CC1CCN(C(=O)C(C)Sc2nncs2)CC1. The summed E-state index contributed by atoms with van der Waals surface area (Å²) in [6.45, 7) is 6.01. The molecule has 1 amide bonds. The average Bonchev–Trinajstić information content (AvgIpc) is 2.82. The Kier molecular flexibility index (Phi) is 4.39. The standard InChI is InChI=1S/C11H17N3OS2/c1-8-3-5-14(6-4-8)10(15)9(2)17-11-13-12-7-16-11/h7-9H,3-6H2,1-2H3. The number of carbonyl (C=O) groups is 1. The highest BCUT2D eigenvalue weighted by Crippen LogP contribution is 2.26. The number of aromatic nitrogens is 2. The van der Waals surface area contributed by atoms with Gasteiger partial charge in [-0.05, 0) is 25.7 Å². The zero-order valence-electron chi connectivity index (χ0n) is 10.1. The van der Waals surface area contributed by atoms with E-state index in [4.69, 9.17) is 0 Å². The molecule has 1 saturated heterocycles. The van der Waals surface area contributed by atoms with Crippen LogP contribution in [-0.4, -0.2) is 39.3 Å². The van der Waals surface area contributed by atoms with E-state index in [9.17, 15) is 4.79 Å². The van der Waals surface area contributed by atoms with Crippen molar-refractivity contribution >= 4 is 29.0 Å². The molecule has 0 saturated carbocycles. The Bertz CT molecular complexity index is 361. The zero-order valence-corrected chi connectivity index (χ0v) is 11.8. The van der Waals surface area contributed by atoms with Crippen molar-refractivity contribution in [3.05, 3.63) is 5.51 Å². The normalized spacial score (nSPS) is 19.3. The van der Waals surface area contributed by atoms with Gasteiger partial charge in [0.05, 0.1) is 5.25 Å². The first kappa shape index (κ1) is 12.8. The summed E-state index contributed by atoms with van der Waals surface area (Å²) in [4.78, 5) is 14.2. The molecule has 0 bridgehead atoms. The first-order valence-electron chi connectivity index (χ1n) is 5.88. The lowest BCUT2D eigenvalue weighted by Crippen LogP contribution is -2.41. The van der Waals surface area contributed by atoms with Gasteiger partial charge in [0.15, 0.2) is 4.34 Å². The first-order chi connectivity index (χ1) is 8.16. The fraction of sp³-hybridized carbons (Fsp3) is 0.727. The number of likely N-dealkylation sites (tertiary alicyclic amines) is 1. The molecule has 1 fully saturated rings. The molecule has 1 aromatic rings. The number of hydrogen-bond acceptors (Lipinski definition) is 5. The van der Waals surface area contributed by atoms with Crippen LogP contribution in [0.15, 0.2) is 9.85 Å². The zero-order chi connectivity index (χ0) is 12.3. The third-order valence-corrected chi connectivity index (χ3v) is 4.96. The van der Waals surface area contributed by atoms with E-state index in [1.165, 1.54) is 23.1 Å². The van der Waals surface area contributed by atoms with E-state index in [1.54, 1.807) is 5.51 Å². The Morgan fingerprint density at radius 1 is 1.59 bits per heavy atom. The largest absolute Gasteiger partial charge is 0.342 e. The third kappa shape index (κ3) is 3.42. The lowest BCUT2D eigenvalue weighted by Gasteiger charge is -2.31. The number of hydrogen-bond donors (Lipinski definition) is 0. The minimum Gasteiger partial charge on any atom is -0.342 e. The van der Waals surface area contributed by atoms with E-state index in [1.807, 2.05) is 11.8 Å². The van der Waals surface area contributed by atoms with Crippen LogP contribution in [0.5, 0.6) is 0 Å². The van der Waals surface area contributed by atoms with Gasteiger partial charge in [0.2, 0.25) is 5.91 Å². The van der Waals surface area contributed by atoms with Gasteiger partial charge in [-0.2, -0.15) is 0 Å². The van der Waals surface area contributed by atoms with Gasteiger partial charge in [-0.15, -0.1) is 10.2 Å². The smallest absolute Gasteiger partial charge is 0.235 e. The van der Waals surface area contributed by atoms with Gasteiger partial charge >= 0.3 is 0 Å². The molecule has 94 valence electrons. The second kappa shape index (κ2) is 5.82. The quantitative estimate of drug-likeness (QED) is 0.791. The third-order valence-electron chi connectivity index (χ3n) is 3.06. The van der Waals surface area contributed by atoms with Crippen molar-refractivity contribution < 1.29 is 4.79 Å². The summed E-state index contributed by atoms with van der Waals surface area (Å²) >= 11 is 2.99. The van der Waals surface area contributed by atoms with Crippen LogP contribution >= 0.6 is 23.1 Å². The molecule has 1 aliphatic heterocycles. The topological polar surface area (TPSA) is 46.1 Å². The van der Waals surface area contributed by atoms with Crippen molar-refractivity contribution in [2.45, 2.75) is 36.3 Å². The minimum atomic E-state index is -0.0589. The second-order valence-electron chi connectivity index (χ2n) is 4.47. The van der Waals surface area contributed by atoms with E-state index in [-0.39, 0.29) is 11.2 Å². The monoisotopic (exact) mass is 271 g/mol. The molecular formula is C11H17N3OS2. The van der Waals surface area contributed by atoms with E-state index < -0.39 is 0 Å². The Morgan fingerprint density at radius 3 is 2.88 bits per heavy atom. The van der Waals surface area contributed by atoms with Gasteiger partial charge in [-0.25, -0.2) is 0 Å². The highest BCUT2D eigenvalue weighted by atomic mass is 32.2. The van der Waals surface area contributed by atoms with Gasteiger partial charge in [0.25, 0.3) is 0 Å². The van der Waals surface area contributed by atoms with Crippen LogP contribution in [0.1, 0.15) is 26.7 Å². The first-order valence-corrected chi connectivity index (χ1v) is 7.64. The summed E-state index contributed by atoms with van der Waals surface area (Å²) in [7, 11) is 0. The fourth-order valence-electron chi connectivity index (χ4n) is 1.90. The lowest BCUT2D eigenvalue weighted by molar-refractivity contribution is -0.131. The Morgan fingerprint density at radius 2 is 2.29 bits per heavy atom. The summed E-state index contributed by atoms with van der Waals surface area (Å²) in [5, 5.41) is 7.68. The Balaban J connectivity index is 1.86. The Labute approximate surface area is 110 Å². The highest BCUT2D eigenvalue weighted by molar-refractivity contribution is 8.02. The highest BCUT2D eigenvalue weighted by Gasteiger charge is 2.25. The van der Waals surface area contributed by atoms with Gasteiger partial charge in [-0.3, -0.25) is 4.79 Å². The van der Waals surface area contributed by atoms with Gasteiger partial charge in [0, 0.05) is 13.1 Å². The second-order valence-corrected chi connectivity index (χ2v) is 6.89. The molecule has 1 aliphatic rings. The summed E-state index contributed by atoms with van der Waals surface area (Å²) in [5.41, 5.74) is 1.70. The Hall–Kier alpha value is -0.620. The van der Waals surface area contributed by atoms with Crippen molar-refractivity contribution in [2.24, 2.45) is 5.92 Å². The van der Waals surface area contributed by atoms with Crippen molar-refractivity contribution in [1.29, 1.82) is 0 Å². The molecule has 0 spiro atoms. The van der Waals surface area contributed by atoms with Crippen molar-refractivity contribution in [3.8, 4) is 0 Å². The minimum absolute atomic E-state index is 0.0589. The van der Waals surface area contributed by atoms with Crippen LogP contribution in [-0.2, 0) is 4.79 Å². The molecule has 6 heteroatoms. The van der Waals surface area contributed by atoms with Crippen molar-refractivity contribution in [3.63, 3.8) is 0 Å². The predicted molar refractivity (Wildman–Crippen MR) is 70.2 cm³/mol. The number of carbonyl (C=O) groups excluding carboxylic acids is 1. The number of rotatable bonds is 3. The van der Waals surface area contributed by atoms with E-state index in [0.29, 0.717) is 0 Å². The van der Waals surface area contributed by atoms with Crippen LogP contribution < -0.4 is 0 Å². The van der Waals surface area contributed by atoms with E-state index in [0.717, 1.165) is 36.2 Å². The maximum absolute atomic E-state index is 12.2. The lowest BCUT2D eigenvalue weighted by atomic mass is 9.99. The summed E-state index contributed by atoms with van der Waals surface area (Å²) < 4.78 is 0.872. The number of amides is 1. The molecule has 2 rings (SSSR count). The van der Waals surface area contributed by atoms with Crippen molar-refractivity contribution in [2.75, 3.05) is 13.1 Å². The molecular weight excluding hydrogens is 254 g/mol. The molecule has 0 radical (unpaired) electrons. The predicted octanol–water partition coefficient (Wildman–Crippen LogP) is 2.28. The van der Waals surface area contributed by atoms with E-state index >= 15 is 0 Å². The van der Waals surface area contributed by atoms with E-state index in [2.05, 4.69) is 17.1 Å². The summed E-state index contributed by atoms with van der Waals surface area (Å²) in [5.74, 6) is 0.988. The molecule has 2 heterocycles. The summed E-state index contributed by atoms with van der Waals surface area (Å²) in [6.07, 6.45) is 2.25. The van der Waals surface area contributed by atoms with Crippen molar-refractivity contribution in [1.82, 2.24) is 15.1 Å². The fourth-order valence-corrected chi connectivity index (χ4v) is 3.61. The molecule has 0 aliphatic carbocycles. The van der Waals surface area contributed by atoms with Crippen LogP contribution in [0.2, 0.25) is 0 Å².